The maximum absolute atomic E-state index is 12.3. The predicted octanol–water partition coefficient (Wildman–Crippen LogP) is 1.72. The third kappa shape index (κ3) is 3.96. The van der Waals surface area contributed by atoms with E-state index in [2.05, 4.69) is 26.2 Å². The Bertz CT molecular complexity index is 964. The molecule has 2 N–H and O–H groups in total. The largest absolute Gasteiger partial charge is 0.326 e. The molecule has 2 aromatic rings. The Morgan fingerprint density at radius 3 is 2.79 bits per heavy atom. The molecule has 1 aliphatic carbocycles. The summed E-state index contributed by atoms with van der Waals surface area (Å²) in [4.78, 5) is 37.5. The highest BCUT2D eigenvalue weighted by molar-refractivity contribution is 6.06. The van der Waals surface area contributed by atoms with Crippen LogP contribution in [-0.4, -0.2) is 55.0 Å². The second kappa shape index (κ2) is 7.26. The molecular weight excluding hydrogens is 374 g/mol. The number of rotatable bonds is 7. The van der Waals surface area contributed by atoms with E-state index in [1.165, 1.54) is 0 Å². The molecule has 10 nitrogen and oxygen atoms in total. The lowest BCUT2D eigenvalue weighted by Gasteiger charge is -2.15. The smallest absolute Gasteiger partial charge is 0.325 e. The molecule has 1 aliphatic heterocycles. The number of benzene rings is 1. The average molecular weight is 397 g/mol. The summed E-state index contributed by atoms with van der Waals surface area (Å²) in [5, 5.41) is 17.4. The minimum Gasteiger partial charge on any atom is -0.326 e. The number of tetrazole rings is 1. The van der Waals surface area contributed by atoms with Crippen LogP contribution < -0.4 is 10.6 Å². The normalized spacial score (nSPS) is 18.1. The SMILES string of the molecule is CC1(C)NC(=O)N(CCCC(=O)Nc2cccc(-c3nnnn3C3CC3)c2)C1=O. The van der Waals surface area contributed by atoms with Crippen molar-refractivity contribution < 1.29 is 14.4 Å². The molecule has 1 aromatic carbocycles. The van der Waals surface area contributed by atoms with Gasteiger partial charge in [0.15, 0.2) is 5.82 Å². The van der Waals surface area contributed by atoms with Crippen LogP contribution in [0.25, 0.3) is 11.4 Å². The van der Waals surface area contributed by atoms with E-state index in [-0.39, 0.29) is 24.8 Å². The molecule has 4 rings (SSSR count). The van der Waals surface area contributed by atoms with Gasteiger partial charge in [-0.1, -0.05) is 12.1 Å². The van der Waals surface area contributed by atoms with Crippen molar-refractivity contribution >= 4 is 23.5 Å². The number of urea groups is 1. The zero-order chi connectivity index (χ0) is 20.6. The van der Waals surface area contributed by atoms with Crippen molar-refractivity contribution in [1.82, 2.24) is 30.4 Å². The fraction of sp³-hybridized carbons (Fsp3) is 0.474. The molecular formula is C19H23N7O3. The quantitative estimate of drug-likeness (QED) is 0.686. The summed E-state index contributed by atoms with van der Waals surface area (Å²) in [6.07, 6.45) is 2.73. The molecule has 4 amide bonds. The van der Waals surface area contributed by atoms with Crippen LogP contribution in [0, 0.1) is 0 Å². The fourth-order valence-corrected chi connectivity index (χ4v) is 3.33. The zero-order valence-electron chi connectivity index (χ0n) is 16.4. The molecule has 0 unspecified atom stereocenters. The molecule has 0 atom stereocenters. The number of hydrogen-bond donors (Lipinski definition) is 2. The third-order valence-electron chi connectivity index (χ3n) is 5.02. The molecule has 0 bridgehead atoms. The van der Waals surface area contributed by atoms with Gasteiger partial charge in [-0.2, -0.15) is 0 Å². The van der Waals surface area contributed by atoms with Crippen molar-refractivity contribution in [1.29, 1.82) is 0 Å². The van der Waals surface area contributed by atoms with E-state index >= 15 is 0 Å². The first-order valence-electron chi connectivity index (χ1n) is 9.67. The topological polar surface area (TPSA) is 122 Å². The van der Waals surface area contributed by atoms with Gasteiger partial charge in [-0.3, -0.25) is 14.5 Å². The van der Waals surface area contributed by atoms with E-state index < -0.39 is 11.6 Å². The molecule has 2 aliphatic rings. The lowest BCUT2D eigenvalue weighted by molar-refractivity contribution is -0.130. The van der Waals surface area contributed by atoms with Gasteiger partial charge in [-0.25, -0.2) is 9.48 Å². The van der Waals surface area contributed by atoms with Crippen molar-refractivity contribution in [2.45, 2.75) is 51.1 Å². The van der Waals surface area contributed by atoms with Gasteiger partial charge in [0.25, 0.3) is 5.91 Å². The Hall–Kier alpha value is -3.30. The van der Waals surface area contributed by atoms with Crippen molar-refractivity contribution in [2.75, 3.05) is 11.9 Å². The minimum atomic E-state index is -0.893. The number of amides is 4. The standard InChI is InChI=1S/C19H23N7O3/c1-19(2)17(28)25(18(29)21-19)10-4-7-15(27)20-13-6-3-5-12(11-13)16-22-23-24-26(16)14-8-9-14/h3,5-6,11,14H,4,7-10H2,1-2H3,(H,20,27)(H,21,29). The van der Waals surface area contributed by atoms with Gasteiger partial charge in [0, 0.05) is 24.2 Å². The summed E-state index contributed by atoms with van der Waals surface area (Å²) in [6, 6.07) is 7.32. The van der Waals surface area contributed by atoms with Crippen LogP contribution in [-0.2, 0) is 9.59 Å². The highest BCUT2D eigenvalue weighted by atomic mass is 16.2. The highest BCUT2D eigenvalue weighted by Gasteiger charge is 2.43. The van der Waals surface area contributed by atoms with Crippen molar-refractivity contribution in [2.24, 2.45) is 0 Å². The Balaban J connectivity index is 1.33. The molecule has 10 heteroatoms. The van der Waals surface area contributed by atoms with Crippen LogP contribution in [0.15, 0.2) is 24.3 Å². The summed E-state index contributed by atoms with van der Waals surface area (Å²) in [5.74, 6) is 0.226. The first kappa shape index (κ1) is 19.0. The second-order valence-electron chi connectivity index (χ2n) is 7.92. The van der Waals surface area contributed by atoms with E-state index in [4.69, 9.17) is 0 Å². The molecule has 2 heterocycles. The molecule has 29 heavy (non-hydrogen) atoms. The molecule has 1 saturated carbocycles. The summed E-state index contributed by atoms with van der Waals surface area (Å²) in [7, 11) is 0. The maximum Gasteiger partial charge on any atom is 0.325 e. The number of hydrogen-bond acceptors (Lipinski definition) is 6. The van der Waals surface area contributed by atoms with Crippen molar-refractivity contribution in [3.8, 4) is 11.4 Å². The number of imide groups is 1. The Morgan fingerprint density at radius 1 is 1.31 bits per heavy atom. The molecule has 152 valence electrons. The van der Waals surface area contributed by atoms with E-state index in [0.29, 0.717) is 24.0 Å². The average Bonchev–Trinajstić information content (AvgIpc) is 3.36. The molecule has 0 radical (unpaired) electrons. The van der Waals surface area contributed by atoms with Gasteiger partial charge in [0.2, 0.25) is 5.91 Å². The first-order valence-corrected chi connectivity index (χ1v) is 9.67. The number of aromatic nitrogens is 4. The maximum atomic E-state index is 12.3. The molecule has 2 fully saturated rings. The van der Waals surface area contributed by atoms with Crippen LogP contribution in [0.5, 0.6) is 0 Å². The monoisotopic (exact) mass is 397 g/mol. The lowest BCUT2D eigenvalue weighted by Crippen LogP contribution is -2.40. The Kier molecular flexibility index (Phi) is 4.77. The number of nitrogens with zero attached hydrogens (tertiary/aromatic N) is 5. The van der Waals surface area contributed by atoms with E-state index in [1.54, 1.807) is 19.9 Å². The number of carbonyl (C=O) groups excluding carboxylic acids is 3. The second-order valence-corrected chi connectivity index (χ2v) is 7.92. The van der Waals surface area contributed by atoms with Crippen LogP contribution in [0.1, 0.15) is 45.6 Å². The summed E-state index contributed by atoms with van der Waals surface area (Å²) in [6.45, 7) is 3.52. The highest BCUT2D eigenvalue weighted by Crippen LogP contribution is 2.36. The van der Waals surface area contributed by atoms with Gasteiger partial charge >= 0.3 is 6.03 Å². The summed E-state index contributed by atoms with van der Waals surface area (Å²) in [5.41, 5.74) is 0.589. The van der Waals surface area contributed by atoms with Crippen molar-refractivity contribution in [3.05, 3.63) is 24.3 Å². The van der Waals surface area contributed by atoms with Crippen molar-refractivity contribution in [3.63, 3.8) is 0 Å². The van der Waals surface area contributed by atoms with Gasteiger partial charge in [-0.15, -0.1) is 5.10 Å². The summed E-state index contributed by atoms with van der Waals surface area (Å²) < 4.78 is 1.82. The van der Waals surface area contributed by atoms with E-state index in [0.717, 1.165) is 23.3 Å². The Labute approximate surface area is 167 Å². The third-order valence-corrected chi connectivity index (χ3v) is 5.02. The molecule has 1 saturated heterocycles. The van der Waals surface area contributed by atoms with Gasteiger partial charge in [0.05, 0.1) is 6.04 Å². The minimum absolute atomic E-state index is 0.185. The van der Waals surface area contributed by atoms with E-state index in [9.17, 15) is 14.4 Å². The molecule has 0 spiro atoms. The number of nitrogens with one attached hydrogen (secondary N) is 2. The van der Waals surface area contributed by atoms with Crippen LogP contribution in [0.4, 0.5) is 10.5 Å². The number of carbonyl (C=O) groups is 3. The lowest BCUT2D eigenvalue weighted by atomic mass is 10.1. The van der Waals surface area contributed by atoms with Crippen LogP contribution in [0.3, 0.4) is 0 Å². The predicted molar refractivity (Wildman–Crippen MR) is 104 cm³/mol. The summed E-state index contributed by atoms with van der Waals surface area (Å²) >= 11 is 0. The number of anilines is 1. The first-order chi connectivity index (χ1) is 13.8. The van der Waals surface area contributed by atoms with Gasteiger partial charge in [0.1, 0.15) is 5.54 Å². The van der Waals surface area contributed by atoms with Gasteiger partial charge < -0.3 is 10.6 Å². The Morgan fingerprint density at radius 2 is 2.10 bits per heavy atom. The van der Waals surface area contributed by atoms with Crippen LogP contribution in [0.2, 0.25) is 0 Å². The van der Waals surface area contributed by atoms with Crippen LogP contribution >= 0.6 is 0 Å². The zero-order valence-corrected chi connectivity index (χ0v) is 16.4. The van der Waals surface area contributed by atoms with E-state index in [1.807, 2.05) is 22.9 Å². The fourth-order valence-electron chi connectivity index (χ4n) is 3.33. The molecule has 1 aromatic heterocycles. The van der Waals surface area contributed by atoms with Gasteiger partial charge in [-0.05, 0) is 55.7 Å².